The zero-order valence-electron chi connectivity index (χ0n) is 11.6. The van der Waals surface area contributed by atoms with Crippen LogP contribution in [0.2, 0.25) is 0 Å². The van der Waals surface area contributed by atoms with E-state index < -0.39 is 0 Å². The summed E-state index contributed by atoms with van der Waals surface area (Å²) in [6.45, 7) is 1.52. The minimum absolute atomic E-state index is 0.706. The summed E-state index contributed by atoms with van der Waals surface area (Å²) in [6, 6.07) is 8.31. The Kier molecular flexibility index (Phi) is 6.58. The molecule has 19 heavy (non-hydrogen) atoms. The van der Waals surface area contributed by atoms with Crippen molar-refractivity contribution in [1.29, 1.82) is 0 Å². The maximum atomic E-state index is 5.75. The molecule has 1 fully saturated rings. The fraction of sp³-hybridized carbons (Fsp3) is 0.625. The van der Waals surface area contributed by atoms with Gasteiger partial charge in [-0.05, 0) is 55.2 Å². The van der Waals surface area contributed by atoms with E-state index in [-0.39, 0.29) is 0 Å². The van der Waals surface area contributed by atoms with Gasteiger partial charge in [0.15, 0.2) is 0 Å². The van der Waals surface area contributed by atoms with Crippen LogP contribution in [-0.4, -0.2) is 24.7 Å². The number of rotatable bonds is 8. The number of ether oxygens (including phenoxy) is 1. The predicted molar refractivity (Wildman–Crippen MR) is 84.0 cm³/mol. The van der Waals surface area contributed by atoms with E-state index in [2.05, 4.69) is 12.1 Å². The highest BCUT2D eigenvalue weighted by Crippen LogP contribution is 2.27. The smallest absolute Gasteiger partial charge is 0.119 e. The van der Waals surface area contributed by atoms with Crippen LogP contribution in [0.25, 0.3) is 0 Å². The highest BCUT2D eigenvalue weighted by atomic mass is 32.2. The summed E-state index contributed by atoms with van der Waals surface area (Å²) in [5.74, 6) is 4.36. The molecule has 0 aromatic heterocycles. The van der Waals surface area contributed by atoms with E-state index in [1.54, 1.807) is 0 Å². The van der Waals surface area contributed by atoms with Crippen LogP contribution in [-0.2, 0) is 6.42 Å². The molecule has 0 atom stereocenters. The summed E-state index contributed by atoms with van der Waals surface area (Å²) in [7, 11) is 0. The Morgan fingerprint density at radius 3 is 2.58 bits per heavy atom. The molecule has 0 radical (unpaired) electrons. The highest BCUT2D eigenvalue weighted by Gasteiger charge is 2.14. The van der Waals surface area contributed by atoms with Crippen molar-refractivity contribution in [1.82, 2.24) is 0 Å². The van der Waals surface area contributed by atoms with Crippen molar-refractivity contribution in [3.63, 3.8) is 0 Å². The van der Waals surface area contributed by atoms with Crippen LogP contribution in [0.3, 0.4) is 0 Å². The van der Waals surface area contributed by atoms with Crippen LogP contribution >= 0.6 is 11.8 Å². The molecule has 1 saturated carbocycles. The molecule has 0 unspecified atom stereocenters. The lowest BCUT2D eigenvalue weighted by atomic mass is 10.1. The first-order valence-electron chi connectivity index (χ1n) is 7.38. The van der Waals surface area contributed by atoms with E-state index in [1.165, 1.54) is 37.0 Å². The molecule has 1 aliphatic carbocycles. The van der Waals surface area contributed by atoms with Gasteiger partial charge in [-0.15, -0.1) is 0 Å². The summed E-state index contributed by atoms with van der Waals surface area (Å²) in [6.07, 6.45) is 6.71. The predicted octanol–water partition coefficient (Wildman–Crippen LogP) is 3.49. The van der Waals surface area contributed by atoms with Crippen LogP contribution in [0.1, 0.15) is 31.2 Å². The van der Waals surface area contributed by atoms with Crippen LogP contribution < -0.4 is 10.5 Å². The van der Waals surface area contributed by atoms with Gasteiger partial charge in [0.2, 0.25) is 0 Å². The molecule has 1 aliphatic rings. The molecular weight excluding hydrogens is 254 g/mol. The van der Waals surface area contributed by atoms with Crippen molar-refractivity contribution in [3.8, 4) is 5.75 Å². The molecular formula is C16H25NOS. The van der Waals surface area contributed by atoms with Gasteiger partial charge in [-0.2, -0.15) is 11.8 Å². The first-order valence-corrected chi connectivity index (χ1v) is 8.53. The molecule has 0 saturated heterocycles. The van der Waals surface area contributed by atoms with Crippen molar-refractivity contribution >= 4 is 11.8 Å². The Morgan fingerprint density at radius 1 is 1.16 bits per heavy atom. The number of nitrogens with two attached hydrogens (primary N) is 1. The van der Waals surface area contributed by atoms with Crippen molar-refractivity contribution in [2.24, 2.45) is 11.7 Å². The van der Waals surface area contributed by atoms with Crippen molar-refractivity contribution in [3.05, 3.63) is 29.8 Å². The largest absolute Gasteiger partial charge is 0.493 e. The molecule has 1 aromatic rings. The zero-order chi connectivity index (χ0) is 13.3. The number of thioether (sulfide) groups is 1. The second-order valence-electron chi connectivity index (χ2n) is 5.26. The van der Waals surface area contributed by atoms with E-state index in [0.29, 0.717) is 6.54 Å². The van der Waals surface area contributed by atoms with Gasteiger partial charge in [-0.1, -0.05) is 25.0 Å². The lowest BCUT2D eigenvalue weighted by molar-refractivity contribution is 0.343. The molecule has 2 nitrogen and oxygen atoms in total. The Morgan fingerprint density at radius 2 is 1.89 bits per heavy atom. The van der Waals surface area contributed by atoms with Crippen molar-refractivity contribution in [2.45, 2.75) is 32.1 Å². The zero-order valence-corrected chi connectivity index (χ0v) is 12.5. The molecule has 3 heteroatoms. The van der Waals surface area contributed by atoms with Gasteiger partial charge in [-0.3, -0.25) is 0 Å². The SMILES string of the molecule is NCCc1ccc(OCCSCC2CCCC2)cc1. The van der Waals surface area contributed by atoms with Crippen LogP contribution in [0.4, 0.5) is 0 Å². The van der Waals surface area contributed by atoms with Crippen LogP contribution in [0.15, 0.2) is 24.3 Å². The molecule has 0 amide bonds. The van der Waals surface area contributed by atoms with Gasteiger partial charge in [0.05, 0.1) is 6.61 Å². The van der Waals surface area contributed by atoms with Crippen LogP contribution in [0, 0.1) is 5.92 Å². The highest BCUT2D eigenvalue weighted by molar-refractivity contribution is 7.99. The molecule has 0 aliphatic heterocycles. The number of hydrogen-bond donors (Lipinski definition) is 1. The maximum Gasteiger partial charge on any atom is 0.119 e. The summed E-state index contributed by atoms with van der Waals surface area (Å²) in [4.78, 5) is 0. The standard InChI is InChI=1S/C16H25NOS/c17-10-9-14-5-7-16(8-6-14)18-11-12-19-13-15-3-1-2-4-15/h5-8,15H,1-4,9-13,17H2. The monoisotopic (exact) mass is 279 g/mol. The summed E-state index contributed by atoms with van der Waals surface area (Å²) >= 11 is 2.04. The normalized spacial score (nSPS) is 15.8. The number of hydrogen-bond acceptors (Lipinski definition) is 3. The average molecular weight is 279 g/mol. The number of benzene rings is 1. The van der Waals surface area contributed by atoms with E-state index >= 15 is 0 Å². The van der Waals surface area contributed by atoms with E-state index in [0.717, 1.165) is 30.4 Å². The fourth-order valence-corrected chi connectivity index (χ4v) is 3.60. The second-order valence-corrected chi connectivity index (χ2v) is 6.41. The maximum absolute atomic E-state index is 5.75. The van der Waals surface area contributed by atoms with Gasteiger partial charge in [0, 0.05) is 5.75 Å². The lowest BCUT2D eigenvalue weighted by Crippen LogP contribution is -2.04. The van der Waals surface area contributed by atoms with Crippen molar-refractivity contribution in [2.75, 3.05) is 24.7 Å². The summed E-state index contributed by atoms with van der Waals surface area (Å²) in [5, 5.41) is 0. The fourth-order valence-electron chi connectivity index (χ4n) is 2.56. The second kappa shape index (κ2) is 8.49. The molecule has 1 aromatic carbocycles. The summed E-state index contributed by atoms with van der Waals surface area (Å²) in [5.41, 5.74) is 6.81. The third-order valence-corrected chi connectivity index (χ3v) is 4.84. The minimum atomic E-state index is 0.706. The lowest BCUT2D eigenvalue weighted by Gasteiger charge is -2.09. The van der Waals surface area contributed by atoms with Gasteiger partial charge in [0.1, 0.15) is 5.75 Å². The van der Waals surface area contributed by atoms with E-state index in [1.807, 2.05) is 23.9 Å². The average Bonchev–Trinajstić information content (AvgIpc) is 2.94. The Labute approximate surface area is 121 Å². The van der Waals surface area contributed by atoms with E-state index in [9.17, 15) is 0 Å². The Bertz CT molecular complexity index is 346. The third kappa shape index (κ3) is 5.45. The Balaban J connectivity index is 1.57. The third-order valence-electron chi connectivity index (χ3n) is 3.68. The summed E-state index contributed by atoms with van der Waals surface area (Å²) < 4.78 is 5.75. The molecule has 0 spiro atoms. The van der Waals surface area contributed by atoms with Gasteiger partial charge in [0.25, 0.3) is 0 Å². The molecule has 0 heterocycles. The first kappa shape index (κ1) is 14.7. The van der Waals surface area contributed by atoms with E-state index in [4.69, 9.17) is 10.5 Å². The van der Waals surface area contributed by atoms with Crippen molar-refractivity contribution < 1.29 is 4.74 Å². The van der Waals surface area contributed by atoms with Gasteiger partial charge < -0.3 is 10.5 Å². The molecule has 2 rings (SSSR count). The van der Waals surface area contributed by atoms with Gasteiger partial charge in [-0.25, -0.2) is 0 Å². The molecule has 106 valence electrons. The molecule has 2 N–H and O–H groups in total. The first-order chi connectivity index (χ1) is 9.38. The topological polar surface area (TPSA) is 35.2 Å². The molecule has 0 bridgehead atoms. The minimum Gasteiger partial charge on any atom is -0.493 e. The Hall–Kier alpha value is -0.670. The quantitative estimate of drug-likeness (QED) is 0.740. The van der Waals surface area contributed by atoms with Gasteiger partial charge >= 0.3 is 0 Å². The van der Waals surface area contributed by atoms with Crippen LogP contribution in [0.5, 0.6) is 5.75 Å².